The Morgan fingerprint density at radius 3 is 2.91 bits per heavy atom. The second-order valence-corrected chi connectivity index (χ2v) is 3.31. The molecule has 1 heterocycles. The smallest absolute Gasteiger partial charge is 0.0993 e. The van der Waals surface area contributed by atoms with Crippen LogP contribution in [-0.2, 0) is 17.9 Å². The molecule has 1 aromatic rings. The van der Waals surface area contributed by atoms with Crippen molar-refractivity contribution in [2.75, 3.05) is 7.11 Å². The fourth-order valence-electron chi connectivity index (χ4n) is 0.884. The summed E-state index contributed by atoms with van der Waals surface area (Å²) in [5.74, 6) is 0. The van der Waals surface area contributed by atoms with E-state index in [1.807, 2.05) is 10.7 Å². The molecule has 0 spiro atoms. The van der Waals surface area contributed by atoms with Crippen LogP contribution in [-0.4, -0.2) is 16.9 Å². The van der Waals surface area contributed by atoms with Crippen LogP contribution in [0.2, 0.25) is 0 Å². The highest BCUT2D eigenvalue weighted by Gasteiger charge is 2.01. The number of hydrogen-bond donors (Lipinski definition) is 0. The van der Waals surface area contributed by atoms with Gasteiger partial charge in [0.05, 0.1) is 16.0 Å². The molecule has 0 saturated heterocycles. The molecule has 0 aromatic carbocycles. The molecule has 0 amide bonds. The molecule has 0 saturated carbocycles. The zero-order valence-corrected chi connectivity index (χ0v) is 8.83. The van der Waals surface area contributed by atoms with Gasteiger partial charge in [0, 0.05) is 13.7 Å². The number of aromatic nitrogens is 2. The monoisotopic (exact) mass is 266 g/mol. The van der Waals surface area contributed by atoms with Crippen LogP contribution in [0.3, 0.4) is 0 Å². The molecule has 0 fully saturated rings. The van der Waals surface area contributed by atoms with Crippen LogP contribution < -0.4 is 0 Å². The van der Waals surface area contributed by atoms with Crippen molar-refractivity contribution in [3.05, 3.63) is 15.5 Å². The third-order valence-electron chi connectivity index (χ3n) is 1.37. The van der Waals surface area contributed by atoms with Crippen molar-refractivity contribution in [2.45, 2.75) is 20.1 Å². The summed E-state index contributed by atoms with van der Waals surface area (Å²) in [4.78, 5) is 0. The molecule has 0 aliphatic carbocycles. The van der Waals surface area contributed by atoms with Crippen molar-refractivity contribution in [1.29, 1.82) is 0 Å². The summed E-state index contributed by atoms with van der Waals surface area (Å²) in [6, 6.07) is 2.04. The second-order valence-electron chi connectivity index (χ2n) is 2.21. The fourth-order valence-corrected chi connectivity index (χ4v) is 1.69. The highest BCUT2D eigenvalue weighted by atomic mass is 127. The van der Waals surface area contributed by atoms with Crippen LogP contribution in [0.15, 0.2) is 6.07 Å². The normalized spacial score (nSPS) is 10.5. The van der Waals surface area contributed by atoms with Crippen LogP contribution in [0.5, 0.6) is 0 Å². The molecule has 0 unspecified atom stereocenters. The first kappa shape index (κ1) is 8.99. The largest absolute Gasteiger partial charge is 0.378 e. The third-order valence-corrected chi connectivity index (χ3v) is 2.24. The molecule has 0 atom stereocenters. The van der Waals surface area contributed by atoms with Gasteiger partial charge in [-0.25, -0.2) is 0 Å². The van der Waals surface area contributed by atoms with E-state index in [9.17, 15) is 0 Å². The predicted molar refractivity (Wildman–Crippen MR) is 51.3 cm³/mol. The number of ether oxygens (including phenoxy) is 1. The first-order valence-corrected chi connectivity index (χ1v) is 4.57. The SMILES string of the molecule is CCn1nc(COC)cc1I. The number of rotatable bonds is 3. The summed E-state index contributed by atoms with van der Waals surface area (Å²) in [6.07, 6.45) is 0. The maximum atomic E-state index is 4.96. The number of aryl methyl sites for hydroxylation is 1. The van der Waals surface area contributed by atoms with Crippen molar-refractivity contribution in [3.8, 4) is 0 Å². The molecular formula is C7H11IN2O. The maximum Gasteiger partial charge on any atom is 0.0993 e. The number of halogens is 1. The lowest BCUT2D eigenvalue weighted by Crippen LogP contribution is -1.99. The first-order valence-electron chi connectivity index (χ1n) is 3.49. The maximum absolute atomic E-state index is 4.96. The van der Waals surface area contributed by atoms with Gasteiger partial charge in [0.2, 0.25) is 0 Å². The van der Waals surface area contributed by atoms with E-state index in [2.05, 4.69) is 34.6 Å². The Morgan fingerprint density at radius 1 is 1.73 bits per heavy atom. The van der Waals surface area contributed by atoms with E-state index in [1.165, 1.54) is 0 Å². The Morgan fingerprint density at radius 2 is 2.45 bits per heavy atom. The summed E-state index contributed by atoms with van der Waals surface area (Å²) in [5.41, 5.74) is 0.999. The molecule has 0 N–H and O–H groups in total. The summed E-state index contributed by atoms with van der Waals surface area (Å²) in [7, 11) is 1.68. The van der Waals surface area contributed by atoms with Crippen LogP contribution >= 0.6 is 22.6 Å². The Bertz CT molecular complexity index is 234. The van der Waals surface area contributed by atoms with Crippen LogP contribution in [0, 0.1) is 3.70 Å². The molecular weight excluding hydrogens is 255 g/mol. The highest BCUT2D eigenvalue weighted by molar-refractivity contribution is 14.1. The van der Waals surface area contributed by atoms with Gasteiger partial charge in [0.1, 0.15) is 0 Å². The number of nitrogens with zero attached hydrogens (tertiary/aromatic N) is 2. The van der Waals surface area contributed by atoms with Gasteiger partial charge in [-0.3, -0.25) is 4.68 Å². The van der Waals surface area contributed by atoms with E-state index in [0.29, 0.717) is 6.61 Å². The molecule has 4 heteroatoms. The molecule has 0 radical (unpaired) electrons. The van der Waals surface area contributed by atoms with E-state index in [0.717, 1.165) is 15.9 Å². The molecule has 1 aromatic heterocycles. The van der Waals surface area contributed by atoms with Crippen LogP contribution in [0.1, 0.15) is 12.6 Å². The summed E-state index contributed by atoms with van der Waals surface area (Å²) in [5, 5.41) is 4.30. The second kappa shape index (κ2) is 4.06. The molecule has 0 aliphatic heterocycles. The molecule has 62 valence electrons. The Balaban J connectivity index is 2.77. The average molecular weight is 266 g/mol. The van der Waals surface area contributed by atoms with E-state index >= 15 is 0 Å². The lowest BCUT2D eigenvalue weighted by atomic mass is 10.5. The van der Waals surface area contributed by atoms with Gasteiger partial charge in [0.25, 0.3) is 0 Å². The van der Waals surface area contributed by atoms with Crippen molar-refractivity contribution >= 4 is 22.6 Å². The average Bonchev–Trinajstić information content (AvgIpc) is 2.32. The molecule has 1 rings (SSSR count). The van der Waals surface area contributed by atoms with Crippen LogP contribution in [0.4, 0.5) is 0 Å². The lowest BCUT2D eigenvalue weighted by Gasteiger charge is -1.95. The number of methoxy groups -OCH3 is 1. The van der Waals surface area contributed by atoms with E-state index in [-0.39, 0.29) is 0 Å². The zero-order valence-electron chi connectivity index (χ0n) is 6.67. The van der Waals surface area contributed by atoms with Gasteiger partial charge in [-0.2, -0.15) is 5.10 Å². The Hall–Kier alpha value is -0.100. The summed E-state index contributed by atoms with van der Waals surface area (Å²) < 4.78 is 8.08. The van der Waals surface area contributed by atoms with Gasteiger partial charge >= 0.3 is 0 Å². The minimum atomic E-state index is 0.600. The minimum absolute atomic E-state index is 0.600. The summed E-state index contributed by atoms with van der Waals surface area (Å²) in [6.45, 7) is 3.59. The van der Waals surface area contributed by atoms with Crippen LogP contribution in [0.25, 0.3) is 0 Å². The topological polar surface area (TPSA) is 27.1 Å². The highest BCUT2D eigenvalue weighted by Crippen LogP contribution is 2.07. The Labute approximate surface area is 79.9 Å². The van der Waals surface area contributed by atoms with Gasteiger partial charge in [-0.15, -0.1) is 0 Å². The molecule has 3 nitrogen and oxygen atoms in total. The lowest BCUT2D eigenvalue weighted by molar-refractivity contribution is 0.180. The van der Waals surface area contributed by atoms with E-state index < -0.39 is 0 Å². The molecule has 0 aliphatic rings. The van der Waals surface area contributed by atoms with Crippen molar-refractivity contribution in [3.63, 3.8) is 0 Å². The van der Waals surface area contributed by atoms with E-state index in [4.69, 9.17) is 4.74 Å². The predicted octanol–water partition coefficient (Wildman–Crippen LogP) is 1.65. The minimum Gasteiger partial charge on any atom is -0.378 e. The summed E-state index contributed by atoms with van der Waals surface area (Å²) >= 11 is 2.27. The fraction of sp³-hybridized carbons (Fsp3) is 0.571. The first-order chi connectivity index (χ1) is 5.27. The standard InChI is InChI=1S/C7H11IN2O/c1-3-10-7(8)4-6(9-10)5-11-2/h4H,3,5H2,1-2H3. The third kappa shape index (κ3) is 2.16. The zero-order chi connectivity index (χ0) is 8.27. The van der Waals surface area contributed by atoms with E-state index in [1.54, 1.807) is 7.11 Å². The Kier molecular flexibility index (Phi) is 3.32. The van der Waals surface area contributed by atoms with Gasteiger partial charge in [-0.1, -0.05) is 0 Å². The van der Waals surface area contributed by atoms with Crippen molar-refractivity contribution in [2.24, 2.45) is 0 Å². The van der Waals surface area contributed by atoms with Gasteiger partial charge in [0.15, 0.2) is 0 Å². The van der Waals surface area contributed by atoms with Gasteiger partial charge < -0.3 is 4.74 Å². The van der Waals surface area contributed by atoms with Crippen molar-refractivity contribution in [1.82, 2.24) is 9.78 Å². The molecule has 0 bridgehead atoms. The van der Waals surface area contributed by atoms with Gasteiger partial charge in [-0.05, 0) is 35.6 Å². The number of hydrogen-bond acceptors (Lipinski definition) is 2. The quantitative estimate of drug-likeness (QED) is 0.778. The van der Waals surface area contributed by atoms with Crippen molar-refractivity contribution < 1.29 is 4.74 Å². The molecule has 11 heavy (non-hydrogen) atoms.